The Morgan fingerprint density at radius 3 is 2.02 bits per heavy atom. The van der Waals surface area contributed by atoms with Crippen molar-refractivity contribution < 1.29 is 9.59 Å². The molecule has 0 aromatic rings. The minimum Gasteiger partial charge on any atom is -0.353 e. The first kappa shape index (κ1) is 40.6. The Morgan fingerprint density at radius 2 is 1.35 bits per heavy atom. The van der Waals surface area contributed by atoms with Gasteiger partial charge in [-0.3, -0.25) is 9.59 Å². The summed E-state index contributed by atoms with van der Waals surface area (Å²) in [6.45, 7) is 16.3. The van der Waals surface area contributed by atoms with Gasteiger partial charge in [0.15, 0.2) is 0 Å². The SMILES string of the molecule is CCCCCCCC/C=C\CCCCCCCC(=O)N[C@H]1CC[C@@]2(C)C(CCC3C4CCC(C(C)CCC(=O)C(C)(C)C)[C@@]4(C)CCC32)C1. The quantitative estimate of drug-likeness (QED) is 0.103. The van der Waals surface area contributed by atoms with E-state index in [2.05, 4.69) is 65.9 Å². The van der Waals surface area contributed by atoms with Crippen molar-refractivity contribution in [1.29, 1.82) is 0 Å². The van der Waals surface area contributed by atoms with E-state index in [1.807, 2.05) is 0 Å². The standard InChI is InChI=1S/C46H81NO2/c1-8-9-10-11-12-13-14-15-16-17-18-19-20-21-22-23-43(49)47-37-30-32-45(6)36(34-37)25-26-38-40-28-27-39(46(40,7)33-31-41(38)45)35(2)24-29-42(48)44(3,4)5/h15-16,35-41H,8-14,17-34H2,1-7H3,(H,47,49)/b16-15-/t35?,36?,37-,38?,39?,40?,41?,45-,46+/m0/s1. The average Bonchev–Trinajstić information content (AvgIpc) is 3.42. The molecule has 4 fully saturated rings. The highest BCUT2D eigenvalue weighted by Crippen LogP contribution is 2.68. The van der Waals surface area contributed by atoms with Gasteiger partial charge in [0, 0.05) is 24.3 Å². The van der Waals surface area contributed by atoms with Crippen LogP contribution in [0, 0.1) is 51.8 Å². The normalized spacial score (nSPS) is 33.5. The summed E-state index contributed by atoms with van der Waals surface area (Å²) in [5, 5.41) is 3.51. The average molecular weight is 680 g/mol. The van der Waals surface area contributed by atoms with Crippen LogP contribution in [0.25, 0.3) is 0 Å². The third-order valence-electron chi connectivity index (χ3n) is 15.1. The summed E-state index contributed by atoms with van der Waals surface area (Å²) in [5.74, 6) is 5.58. The zero-order valence-electron chi connectivity index (χ0n) is 33.7. The lowest BCUT2D eigenvalue weighted by Crippen LogP contribution is -2.55. The van der Waals surface area contributed by atoms with Gasteiger partial charge in [-0.05, 0) is 143 Å². The molecule has 0 heterocycles. The summed E-state index contributed by atoms with van der Waals surface area (Å²) in [6.07, 6.45) is 36.3. The predicted octanol–water partition coefficient (Wildman–Crippen LogP) is 13.2. The molecule has 1 N–H and O–H groups in total. The first-order valence-electron chi connectivity index (χ1n) is 21.9. The molecule has 0 aromatic carbocycles. The molecule has 4 saturated carbocycles. The van der Waals surface area contributed by atoms with E-state index in [4.69, 9.17) is 0 Å². The molecular formula is C46H81NO2. The van der Waals surface area contributed by atoms with Crippen molar-refractivity contribution in [2.45, 2.75) is 215 Å². The van der Waals surface area contributed by atoms with Crippen LogP contribution in [0.5, 0.6) is 0 Å². The first-order valence-corrected chi connectivity index (χ1v) is 21.9. The fourth-order valence-corrected chi connectivity index (χ4v) is 12.0. The summed E-state index contributed by atoms with van der Waals surface area (Å²) >= 11 is 0. The molecule has 0 aromatic heterocycles. The molecule has 3 heteroatoms. The number of allylic oxidation sites excluding steroid dienone is 2. The maximum atomic E-state index is 13.0. The van der Waals surface area contributed by atoms with Crippen molar-refractivity contribution >= 4 is 11.7 Å². The van der Waals surface area contributed by atoms with Gasteiger partial charge in [-0.25, -0.2) is 0 Å². The summed E-state index contributed by atoms with van der Waals surface area (Å²) in [5.41, 5.74) is 0.709. The van der Waals surface area contributed by atoms with E-state index < -0.39 is 0 Å². The molecule has 4 rings (SSSR count). The van der Waals surface area contributed by atoms with E-state index in [1.54, 1.807) is 0 Å². The first-order chi connectivity index (χ1) is 23.4. The molecule has 49 heavy (non-hydrogen) atoms. The van der Waals surface area contributed by atoms with Gasteiger partial charge in [-0.1, -0.05) is 112 Å². The van der Waals surface area contributed by atoms with Crippen molar-refractivity contribution in [3.8, 4) is 0 Å². The van der Waals surface area contributed by atoms with Crippen LogP contribution in [0.15, 0.2) is 12.2 Å². The maximum Gasteiger partial charge on any atom is 0.220 e. The number of unbranched alkanes of at least 4 members (excludes halogenated alkanes) is 11. The van der Waals surface area contributed by atoms with Crippen LogP contribution in [-0.2, 0) is 9.59 Å². The van der Waals surface area contributed by atoms with Gasteiger partial charge in [0.2, 0.25) is 5.91 Å². The Labute approximate surface area is 304 Å². The zero-order valence-corrected chi connectivity index (χ0v) is 33.7. The number of ketones is 1. The molecule has 1 amide bonds. The Kier molecular flexibility index (Phi) is 15.8. The highest BCUT2D eigenvalue weighted by Gasteiger charge is 2.60. The third-order valence-corrected chi connectivity index (χ3v) is 15.1. The molecule has 6 unspecified atom stereocenters. The van der Waals surface area contributed by atoms with Gasteiger partial charge < -0.3 is 5.32 Å². The Morgan fingerprint density at radius 1 is 0.735 bits per heavy atom. The largest absolute Gasteiger partial charge is 0.353 e. The van der Waals surface area contributed by atoms with Gasteiger partial charge in [0.25, 0.3) is 0 Å². The summed E-state index contributed by atoms with van der Waals surface area (Å²) in [6, 6.07) is 0.395. The summed E-state index contributed by atoms with van der Waals surface area (Å²) < 4.78 is 0. The smallest absolute Gasteiger partial charge is 0.220 e. The van der Waals surface area contributed by atoms with Crippen LogP contribution in [0.3, 0.4) is 0 Å². The number of Topliss-reactive ketones (excluding diaryl/α,β-unsaturated/α-hetero) is 1. The van der Waals surface area contributed by atoms with Crippen molar-refractivity contribution in [3.05, 3.63) is 12.2 Å². The number of hydrogen-bond donors (Lipinski definition) is 1. The predicted molar refractivity (Wildman–Crippen MR) is 209 cm³/mol. The number of carbonyl (C=O) groups is 2. The molecule has 282 valence electrons. The number of amides is 1. The zero-order chi connectivity index (χ0) is 35.5. The van der Waals surface area contributed by atoms with Crippen LogP contribution in [0.2, 0.25) is 0 Å². The van der Waals surface area contributed by atoms with Gasteiger partial charge in [-0.2, -0.15) is 0 Å². The number of nitrogens with one attached hydrogen (secondary N) is 1. The minimum absolute atomic E-state index is 0.209. The fraction of sp³-hybridized carbons (Fsp3) is 0.913. The molecule has 4 aliphatic carbocycles. The van der Waals surface area contributed by atoms with Crippen LogP contribution in [0.1, 0.15) is 209 Å². The maximum absolute atomic E-state index is 13.0. The Hall–Kier alpha value is -1.12. The fourth-order valence-electron chi connectivity index (χ4n) is 12.0. The Bertz CT molecular complexity index is 1040. The third kappa shape index (κ3) is 10.9. The van der Waals surface area contributed by atoms with Gasteiger partial charge >= 0.3 is 0 Å². The lowest BCUT2D eigenvalue weighted by atomic mass is 9.44. The van der Waals surface area contributed by atoms with E-state index >= 15 is 0 Å². The highest BCUT2D eigenvalue weighted by atomic mass is 16.1. The summed E-state index contributed by atoms with van der Waals surface area (Å²) in [4.78, 5) is 25.7. The highest BCUT2D eigenvalue weighted by molar-refractivity contribution is 5.83. The molecular weight excluding hydrogens is 599 g/mol. The number of carbonyl (C=O) groups excluding carboxylic acids is 2. The second kappa shape index (κ2) is 19.1. The second-order valence-electron chi connectivity index (χ2n) is 19.4. The Balaban J connectivity index is 1.11. The van der Waals surface area contributed by atoms with Crippen LogP contribution in [0.4, 0.5) is 0 Å². The number of rotatable bonds is 20. The van der Waals surface area contributed by atoms with Gasteiger partial charge in [0.05, 0.1) is 0 Å². The second-order valence-corrected chi connectivity index (χ2v) is 19.4. The number of fused-ring (bicyclic) bond motifs is 5. The van der Waals surface area contributed by atoms with E-state index in [0.717, 1.165) is 48.9 Å². The van der Waals surface area contributed by atoms with E-state index in [0.29, 0.717) is 40.9 Å². The van der Waals surface area contributed by atoms with Crippen molar-refractivity contribution in [2.24, 2.45) is 51.8 Å². The molecule has 3 nitrogen and oxygen atoms in total. The number of hydrogen-bond acceptors (Lipinski definition) is 2. The van der Waals surface area contributed by atoms with E-state index in [-0.39, 0.29) is 5.41 Å². The van der Waals surface area contributed by atoms with Crippen molar-refractivity contribution in [2.75, 3.05) is 0 Å². The molecule has 0 saturated heterocycles. The molecule has 0 radical (unpaired) electrons. The monoisotopic (exact) mass is 680 g/mol. The van der Waals surface area contributed by atoms with Crippen molar-refractivity contribution in [1.82, 2.24) is 5.32 Å². The molecule has 9 atom stereocenters. The van der Waals surface area contributed by atoms with Gasteiger partial charge in [-0.15, -0.1) is 0 Å². The molecule has 0 aliphatic heterocycles. The lowest BCUT2D eigenvalue weighted by Gasteiger charge is -2.61. The topological polar surface area (TPSA) is 46.2 Å². The van der Waals surface area contributed by atoms with Crippen LogP contribution < -0.4 is 5.32 Å². The van der Waals surface area contributed by atoms with Gasteiger partial charge in [0.1, 0.15) is 5.78 Å². The van der Waals surface area contributed by atoms with E-state index in [9.17, 15) is 9.59 Å². The van der Waals surface area contributed by atoms with Crippen LogP contribution >= 0.6 is 0 Å². The van der Waals surface area contributed by atoms with E-state index in [1.165, 1.54) is 135 Å². The van der Waals surface area contributed by atoms with Crippen LogP contribution in [-0.4, -0.2) is 17.7 Å². The minimum atomic E-state index is -0.209. The summed E-state index contributed by atoms with van der Waals surface area (Å²) in [7, 11) is 0. The molecule has 0 bridgehead atoms. The molecule has 0 spiro atoms. The van der Waals surface area contributed by atoms with Crippen molar-refractivity contribution in [3.63, 3.8) is 0 Å². The molecule has 4 aliphatic rings. The lowest BCUT2D eigenvalue weighted by molar-refractivity contribution is -0.128.